The molecule has 1 fully saturated rings. The van der Waals surface area contributed by atoms with Crippen molar-refractivity contribution in [1.82, 2.24) is 14.7 Å². The number of rotatable bonds is 5. The standard InChI is InChI=1S/C14H14F3N3O2S2/c1-8(11-7-23-13(19-11)9-2-3-9)20-24(21,22)12-5-4-10(6-18-12)14(15,16)17/h4-9,20H,2-3H2,1H3. The van der Waals surface area contributed by atoms with Gasteiger partial charge in [0.05, 0.1) is 22.3 Å². The third-order valence-electron chi connectivity index (χ3n) is 3.58. The van der Waals surface area contributed by atoms with E-state index in [1.807, 2.05) is 0 Å². The van der Waals surface area contributed by atoms with E-state index in [4.69, 9.17) is 0 Å². The van der Waals surface area contributed by atoms with Crippen molar-refractivity contribution < 1.29 is 21.6 Å². The van der Waals surface area contributed by atoms with Gasteiger partial charge in [-0.2, -0.15) is 13.2 Å². The third kappa shape index (κ3) is 3.76. The number of sulfonamides is 1. The molecule has 24 heavy (non-hydrogen) atoms. The molecular weight excluding hydrogens is 363 g/mol. The van der Waals surface area contributed by atoms with E-state index in [9.17, 15) is 21.6 Å². The molecular formula is C14H14F3N3O2S2. The maximum Gasteiger partial charge on any atom is 0.417 e. The number of pyridine rings is 1. The van der Waals surface area contributed by atoms with Crippen LogP contribution in [0.3, 0.4) is 0 Å². The van der Waals surface area contributed by atoms with Gasteiger partial charge in [-0.1, -0.05) is 0 Å². The highest BCUT2D eigenvalue weighted by atomic mass is 32.2. The normalized spacial score (nSPS) is 17.0. The Morgan fingerprint density at radius 3 is 2.58 bits per heavy atom. The highest BCUT2D eigenvalue weighted by Gasteiger charge is 2.32. The molecule has 2 aromatic rings. The van der Waals surface area contributed by atoms with Crippen molar-refractivity contribution in [1.29, 1.82) is 0 Å². The fraction of sp³-hybridized carbons (Fsp3) is 0.429. The second-order valence-corrected chi connectivity index (χ2v) is 8.16. The molecule has 0 saturated heterocycles. The van der Waals surface area contributed by atoms with Crippen LogP contribution in [0.4, 0.5) is 13.2 Å². The zero-order valence-electron chi connectivity index (χ0n) is 12.5. The van der Waals surface area contributed by atoms with Crippen LogP contribution in [0.15, 0.2) is 28.7 Å². The first kappa shape index (κ1) is 17.3. The summed E-state index contributed by atoms with van der Waals surface area (Å²) in [5.41, 5.74) is -0.402. The van der Waals surface area contributed by atoms with Crippen molar-refractivity contribution in [2.24, 2.45) is 0 Å². The van der Waals surface area contributed by atoms with Gasteiger partial charge in [-0.25, -0.2) is 23.1 Å². The summed E-state index contributed by atoms with van der Waals surface area (Å²) in [7, 11) is -4.03. The fourth-order valence-electron chi connectivity index (χ4n) is 2.08. The van der Waals surface area contributed by atoms with Crippen LogP contribution in [0.1, 0.15) is 48.0 Å². The molecule has 3 rings (SSSR count). The van der Waals surface area contributed by atoms with E-state index in [-0.39, 0.29) is 0 Å². The van der Waals surface area contributed by atoms with Crippen molar-refractivity contribution in [3.05, 3.63) is 40.0 Å². The number of alkyl halides is 3. The predicted molar refractivity (Wildman–Crippen MR) is 82.1 cm³/mol. The SMILES string of the molecule is CC(NS(=O)(=O)c1ccc(C(F)(F)F)cn1)c1csc(C2CC2)n1. The number of nitrogens with zero attached hydrogens (tertiary/aromatic N) is 2. The van der Waals surface area contributed by atoms with Gasteiger partial charge >= 0.3 is 6.18 Å². The number of halogens is 3. The maximum atomic E-state index is 12.5. The Hall–Kier alpha value is -1.52. The van der Waals surface area contributed by atoms with Crippen molar-refractivity contribution in [2.75, 3.05) is 0 Å². The Balaban J connectivity index is 1.74. The molecule has 2 heterocycles. The molecule has 1 atom stereocenters. The average Bonchev–Trinajstić information content (AvgIpc) is 3.23. The number of thiazole rings is 1. The van der Waals surface area contributed by atoms with E-state index >= 15 is 0 Å². The molecule has 0 radical (unpaired) electrons. The molecule has 2 aromatic heterocycles. The summed E-state index contributed by atoms with van der Waals surface area (Å²) in [6, 6.07) is 0.942. The van der Waals surface area contributed by atoms with Crippen molar-refractivity contribution in [3.63, 3.8) is 0 Å². The lowest BCUT2D eigenvalue weighted by molar-refractivity contribution is -0.137. The van der Waals surface area contributed by atoms with Crippen LogP contribution in [0.25, 0.3) is 0 Å². The van der Waals surface area contributed by atoms with Crippen LogP contribution in [-0.2, 0) is 16.2 Å². The van der Waals surface area contributed by atoms with Crippen molar-refractivity contribution >= 4 is 21.4 Å². The minimum atomic E-state index is -4.56. The van der Waals surface area contributed by atoms with E-state index in [0.29, 0.717) is 23.9 Å². The Bertz CT molecular complexity index is 828. The molecule has 1 aliphatic carbocycles. The van der Waals surface area contributed by atoms with Gasteiger partial charge in [0.25, 0.3) is 10.0 Å². The van der Waals surface area contributed by atoms with Crippen LogP contribution < -0.4 is 4.72 Å². The molecule has 0 aliphatic heterocycles. The van der Waals surface area contributed by atoms with Crippen LogP contribution in [0.2, 0.25) is 0 Å². The second kappa shape index (κ2) is 6.08. The topological polar surface area (TPSA) is 72.0 Å². The molecule has 0 bridgehead atoms. The minimum absolute atomic E-state index is 0.458. The third-order valence-corrected chi connectivity index (χ3v) is 6.06. The van der Waals surface area contributed by atoms with E-state index in [0.717, 1.165) is 23.9 Å². The first-order chi connectivity index (χ1) is 11.2. The number of hydrogen-bond donors (Lipinski definition) is 1. The minimum Gasteiger partial charge on any atom is -0.244 e. The van der Waals surface area contributed by atoms with Gasteiger partial charge in [-0.05, 0) is 31.9 Å². The Labute approximate surface area is 141 Å². The zero-order valence-corrected chi connectivity index (χ0v) is 14.2. The Kier molecular flexibility index (Phi) is 4.39. The second-order valence-electron chi connectivity index (χ2n) is 5.61. The van der Waals surface area contributed by atoms with Gasteiger partial charge in [-0.3, -0.25) is 0 Å². The first-order valence-corrected chi connectivity index (χ1v) is 9.54. The van der Waals surface area contributed by atoms with E-state index < -0.39 is 32.8 Å². The molecule has 0 amide bonds. The average molecular weight is 377 g/mol. The molecule has 1 unspecified atom stereocenters. The lowest BCUT2D eigenvalue weighted by Crippen LogP contribution is -2.28. The smallest absolute Gasteiger partial charge is 0.244 e. The zero-order chi connectivity index (χ0) is 17.5. The summed E-state index contributed by atoms with van der Waals surface area (Å²) in [6.07, 6.45) is -1.85. The largest absolute Gasteiger partial charge is 0.417 e. The van der Waals surface area contributed by atoms with Gasteiger partial charge in [0.1, 0.15) is 0 Å². The summed E-state index contributed by atoms with van der Waals surface area (Å²) in [5.74, 6) is 0.476. The van der Waals surface area contributed by atoms with Gasteiger partial charge < -0.3 is 0 Å². The number of nitrogens with one attached hydrogen (secondary N) is 1. The van der Waals surface area contributed by atoms with Crippen molar-refractivity contribution in [3.8, 4) is 0 Å². The summed E-state index contributed by atoms with van der Waals surface area (Å²) >= 11 is 1.49. The first-order valence-electron chi connectivity index (χ1n) is 7.18. The molecule has 10 heteroatoms. The summed E-state index contributed by atoms with van der Waals surface area (Å²) in [5, 5.41) is 2.32. The predicted octanol–water partition coefficient (Wildman–Crippen LogP) is 3.47. The van der Waals surface area contributed by atoms with E-state index in [2.05, 4.69) is 14.7 Å². The molecule has 5 nitrogen and oxygen atoms in total. The number of aromatic nitrogens is 2. The summed E-state index contributed by atoms with van der Waals surface area (Å²) < 4.78 is 64.4. The maximum absolute atomic E-state index is 12.5. The summed E-state index contributed by atoms with van der Waals surface area (Å²) in [4.78, 5) is 7.84. The number of hydrogen-bond acceptors (Lipinski definition) is 5. The highest BCUT2D eigenvalue weighted by molar-refractivity contribution is 7.89. The van der Waals surface area contributed by atoms with Crippen molar-refractivity contribution in [2.45, 2.75) is 42.9 Å². The summed E-state index contributed by atoms with van der Waals surface area (Å²) in [6.45, 7) is 1.63. The molecule has 1 saturated carbocycles. The monoisotopic (exact) mass is 377 g/mol. The van der Waals surface area contributed by atoms with Crippen LogP contribution in [0.5, 0.6) is 0 Å². The molecule has 0 spiro atoms. The molecule has 1 N–H and O–H groups in total. The molecule has 130 valence electrons. The van der Waals surface area contributed by atoms with E-state index in [1.165, 1.54) is 11.3 Å². The van der Waals surface area contributed by atoms with Gasteiger partial charge in [0, 0.05) is 17.5 Å². The molecule has 0 aromatic carbocycles. The van der Waals surface area contributed by atoms with E-state index in [1.54, 1.807) is 12.3 Å². The molecule has 1 aliphatic rings. The lowest BCUT2D eigenvalue weighted by atomic mass is 10.3. The Morgan fingerprint density at radius 1 is 1.33 bits per heavy atom. The van der Waals surface area contributed by atoms with Crippen LogP contribution >= 0.6 is 11.3 Å². The van der Waals surface area contributed by atoms with Gasteiger partial charge in [0.15, 0.2) is 5.03 Å². The Morgan fingerprint density at radius 2 is 2.04 bits per heavy atom. The van der Waals surface area contributed by atoms with Crippen LogP contribution in [0, 0.1) is 0 Å². The highest BCUT2D eigenvalue weighted by Crippen LogP contribution is 2.41. The van der Waals surface area contributed by atoms with Gasteiger partial charge in [-0.15, -0.1) is 11.3 Å². The van der Waals surface area contributed by atoms with Gasteiger partial charge in [0.2, 0.25) is 0 Å². The quantitative estimate of drug-likeness (QED) is 0.866. The van der Waals surface area contributed by atoms with Crippen LogP contribution in [-0.4, -0.2) is 18.4 Å². The fourth-order valence-corrected chi connectivity index (χ4v) is 4.31. The lowest BCUT2D eigenvalue weighted by Gasteiger charge is -2.12.